The van der Waals surface area contributed by atoms with E-state index in [9.17, 15) is 9.90 Å². The molecule has 0 amide bonds. The first-order valence-corrected chi connectivity index (χ1v) is 10.7. The fourth-order valence-corrected chi connectivity index (χ4v) is 4.23. The SMILES string of the molecule is CC(C)(C)c1ccc2c(=O)n(-c3cccc(-n4ccc5ccccc54)c3CO)ncc2c1. The van der Waals surface area contributed by atoms with E-state index in [4.69, 9.17) is 0 Å². The van der Waals surface area contributed by atoms with Gasteiger partial charge in [0.25, 0.3) is 5.56 Å². The van der Waals surface area contributed by atoms with Gasteiger partial charge in [-0.3, -0.25) is 4.79 Å². The molecular weight excluding hydrogens is 398 g/mol. The highest BCUT2D eigenvalue weighted by molar-refractivity contribution is 5.83. The van der Waals surface area contributed by atoms with E-state index < -0.39 is 0 Å². The number of benzene rings is 3. The lowest BCUT2D eigenvalue weighted by atomic mass is 9.86. The van der Waals surface area contributed by atoms with E-state index in [2.05, 4.69) is 31.9 Å². The third-order valence-electron chi connectivity index (χ3n) is 6.02. The number of aliphatic hydroxyl groups is 1. The van der Waals surface area contributed by atoms with Crippen molar-refractivity contribution < 1.29 is 5.11 Å². The van der Waals surface area contributed by atoms with Gasteiger partial charge in [-0.2, -0.15) is 9.78 Å². The van der Waals surface area contributed by atoms with Crippen LogP contribution in [0.25, 0.3) is 33.1 Å². The smallest absolute Gasteiger partial charge is 0.279 e. The van der Waals surface area contributed by atoms with Crippen LogP contribution < -0.4 is 5.56 Å². The van der Waals surface area contributed by atoms with Gasteiger partial charge in [0.05, 0.1) is 35.1 Å². The van der Waals surface area contributed by atoms with Gasteiger partial charge in [0.1, 0.15) is 0 Å². The van der Waals surface area contributed by atoms with E-state index in [1.165, 1.54) is 4.68 Å². The van der Waals surface area contributed by atoms with Crippen LogP contribution in [0.5, 0.6) is 0 Å². The summed E-state index contributed by atoms with van der Waals surface area (Å²) in [4.78, 5) is 13.4. The van der Waals surface area contributed by atoms with Crippen LogP contribution in [0.15, 0.2) is 83.9 Å². The minimum Gasteiger partial charge on any atom is -0.392 e. The van der Waals surface area contributed by atoms with Gasteiger partial charge < -0.3 is 9.67 Å². The average molecular weight is 424 g/mol. The summed E-state index contributed by atoms with van der Waals surface area (Å²) < 4.78 is 3.42. The zero-order valence-corrected chi connectivity index (χ0v) is 18.4. The molecule has 0 bridgehead atoms. The van der Waals surface area contributed by atoms with Gasteiger partial charge in [-0.05, 0) is 52.8 Å². The van der Waals surface area contributed by atoms with Gasteiger partial charge in [0.2, 0.25) is 0 Å². The normalized spacial score (nSPS) is 12.0. The van der Waals surface area contributed by atoms with Gasteiger partial charge in [0, 0.05) is 17.1 Å². The largest absolute Gasteiger partial charge is 0.392 e. The maximum Gasteiger partial charge on any atom is 0.279 e. The Bertz CT molecular complexity index is 1520. The molecule has 2 aromatic heterocycles. The Morgan fingerprint density at radius 1 is 0.906 bits per heavy atom. The molecular formula is C27H25N3O2. The van der Waals surface area contributed by atoms with Crippen molar-refractivity contribution in [3.8, 4) is 11.4 Å². The van der Waals surface area contributed by atoms with Crippen LogP contribution in [-0.2, 0) is 12.0 Å². The minimum absolute atomic E-state index is 0.0129. The second-order valence-electron chi connectivity index (χ2n) is 9.09. The van der Waals surface area contributed by atoms with E-state index >= 15 is 0 Å². The van der Waals surface area contributed by atoms with Crippen LogP contribution in [0.4, 0.5) is 0 Å². The van der Waals surface area contributed by atoms with Crippen molar-refractivity contribution in [2.24, 2.45) is 0 Å². The van der Waals surface area contributed by atoms with Gasteiger partial charge in [0.15, 0.2) is 0 Å². The van der Waals surface area contributed by atoms with Crippen molar-refractivity contribution in [1.82, 2.24) is 14.3 Å². The number of hydrogen-bond donors (Lipinski definition) is 1. The Labute approximate surface area is 186 Å². The molecule has 3 aromatic carbocycles. The Kier molecular flexibility index (Phi) is 4.72. The minimum atomic E-state index is -0.215. The molecule has 0 aliphatic carbocycles. The predicted molar refractivity (Wildman–Crippen MR) is 129 cm³/mol. The summed E-state index contributed by atoms with van der Waals surface area (Å²) in [7, 11) is 0. The zero-order valence-electron chi connectivity index (χ0n) is 18.4. The molecule has 0 fully saturated rings. The molecule has 5 rings (SSSR count). The predicted octanol–water partition coefficient (Wildman–Crippen LogP) is 5.12. The van der Waals surface area contributed by atoms with Gasteiger partial charge in [-0.15, -0.1) is 0 Å². The fourth-order valence-electron chi connectivity index (χ4n) is 4.23. The lowest BCUT2D eigenvalue weighted by Gasteiger charge is -2.19. The molecule has 0 saturated heterocycles. The van der Waals surface area contributed by atoms with Crippen molar-refractivity contribution in [2.45, 2.75) is 32.8 Å². The summed E-state index contributed by atoms with van der Waals surface area (Å²) >= 11 is 0. The van der Waals surface area contributed by atoms with Crippen molar-refractivity contribution >= 4 is 21.7 Å². The van der Waals surface area contributed by atoms with E-state index in [1.54, 1.807) is 6.20 Å². The van der Waals surface area contributed by atoms with Gasteiger partial charge >= 0.3 is 0 Å². The number of fused-ring (bicyclic) bond motifs is 2. The first-order chi connectivity index (χ1) is 15.4. The topological polar surface area (TPSA) is 60.0 Å². The van der Waals surface area contributed by atoms with Crippen LogP contribution in [0.3, 0.4) is 0 Å². The second-order valence-corrected chi connectivity index (χ2v) is 9.09. The van der Waals surface area contributed by atoms with E-state index in [0.717, 1.165) is 27.5 Å². The molecule has 32 heavy (non-hydrogen) atoms. The van der Waals surface area contributed by atoms with E-state index in [0.29, 0.717) is 16.6 Å². The van der Waals surface area contributed by atoms with E-state index in [-0.39, 0.29) is 17.6 Å². The molecule has 5 nitrogen and oxygen atoms in total. The molecule has 160 valence electrons. The van der Waals surface area contributed by atoms with E-state index in [1.807, 2.05) is 71.4 Å². The average Bonchev–Trinajstić information content (AvgIpc) is 3.22. The van der Waals surface area contributed by atoms with Crippen molar-refractivity contribution in [1.29, 1.82) is 0 Å². The molecule has 5 heteroatoms. The summed E-state index contributed by atoms with van der Waals surface area (Å²) in [6.45, 7) is 6.22. The molecule has 5 aromatic rings. The number of para-hydroxylation sites is 1. The molecule has 2 heterocycles. The lowest BCUT2D eigenvalue weighted by Crippen LogP contribution is -2.23. The molecule has 0 aliphatic heterocycles. The van der Waals surface area contributed by atoms with Crippen LogP contribution in [0.1, 0.15) is 31.9 Å². The van der Waals surface area contributed by atoms with Crippen LogP contribution in [0, 0.1) is 0 Å². The number of rotatable bonds is 3. The third kappa shape index (κ3) is 3.22. The summed E-state index contributed by atoms with van der Waals surface area (Å²) in [6, 6.07) is 21.7. The number of hydrogen-bond acceptors (Lipinski definition) is 3. The number of aromatic nitrogens is 3. The summed E-state index contributed by atoms with van der Waals surface area (Å²) in [5.41, 5.74) is 4.02. The quantitative estimate of drug-likeness (QED) is 0.438. The molecule has 0 radical (unpaired) electrons. The molecule has 0 aliphatic rings. The van der Waals surface area contributed by atoms with Crippen molar-refractivity contribution in [3.63, 3.8) is 0 Å². The monoisotopic (exact) mass is 423 g/mol. The maximum absolute atomic E-state index is 13.4. The highest BCUT2D eigenvalue weighted by Gasteiger charge is 2.17. The first-order valence-electron chi connectivity index (χ1n) is 10.7. The van der Waals surface area contributed by atoms with Gasteiger partial charge in [-0.25, -0.2) is 0 Å². The molecule has 0 unspecified atom stereocenters. The third-order valence-corrected chi connectivity index (χ3v) is 6.02. The van der Waals surface area contributed by atoms with Crippen molar-refractivity contribution in [3.05, 3.63) is 101 Å². The first kappa shape index (κ1) is 20.2. The number of nitrogens with zero attached hydrogens (tertiary/aromatic N) is 3. The van der Waals surface area contributed by atoms with Crippen molar-refractivity contribution in [2.75, 3.05) is 0 Å². The molecule has 1 N–H and O–H groups in total. The summed E-state index contributed by atoms with van der Waals surface area (Å²) in [6.07, 6.45) is 3.71. The summed E-state index contributed by atoms with van der Waals surface area (Å²) in [5.74, 6) is 0. The Hall–Kier alpha value is -3.70. The highest BCUT2D eigenvalue weighted by atomic mass is 16.3. The molecule has 0 atom stereocenters. The summed E-state index contributed by atoms with van der Waals surface area (Å²) in [5, 5.41) is 17.3. The Morgan fingerprint density at radius 2 is 1.69 bits per heavy atom. The number of aliphatic hydroxyl groups excluding tert-OH is 1. The standard InChI is InChI=1S/C27H25N3O2/c1-27(2,3)20-11-12-21-19(15-20)16-28-30(26(21)32)25-10-6-9-24(22(25)17-31)29-14-13-18-7-4-5-8-23(18)29/h4-16,31H,17H2,1-3H3. The second kappa shape index (κ2) is 7.46. The lowest BCUT2D eigenvalue weighted by molar-refractivity contribution is 0.281. The Morgan fingerprint density at radius 3 is 2.47 bits per heavy atom. The maximum atomic E-state index is 13.4. The molecule has 0 spiro atoms. The van der Waals surface area contributed by atoms with Crippen LogP contribution in [-0.4, -0.2) is 19.5 Å². The molecule has 0 saturated carbocycles. The highest BCUT2D eigenvalue weighted by Crippen LogP contribution is 2.28. The Balaban J connectivity index is 1.71. The van der Waals surface area contributed by atoms with Crippen LogP contribution in [0.2, 0.25) is 0 Å². The van der Waals surface area contributed by atoms with Crippen LogP contribution >= 0.6 is 0 Å². The zero-order chi connectivity index (χ0) is 22.5. The van der Waals surface area contributed by atoms with Gasteiger partial charge in [-0.1, -0.05) is 51.1 Å². The fraction of sp³-hybridized carbons (Fsp3) is 0.185.